The molecule has 1 aromatic carbocycles. The molecule has 1 atom stereocenters. The number of para-hydroxylation sites is 2. The van der Waals surface area contributed by atoms with Gasteiger partial charge in [0.05, 0.1) is 11.0 Å². The van der Waals surface area contributed by atoms with E-state index in [0.29, 0.717) is 18.9 Å². The largest absolute Gasteiger partial charge is 0.354 e. The van der Waals surface area contributed by atoms with E-state index >= 15 is 0 Å². The third-order valence-corrected chi connectivity index (χ3v) is 5.57. The van der Waals surface area contributed by atoms with Crippen LogP contribution in [0.3, 0.4) is 0 Å². The molecule has 1 aliphatic heterocycles. The van der Waals surface area contributed by atoms with Gasteiger partial charge in [-0.25, -0.2) is 15.0 Å². The number of imidazole rings is 1. The molecule has 0 radical (unpaired) electrons. The number of fused-ring (bicyclic) bond motifs is 1. The number of hydrogen-bond donors (Lipinski definition) is 1. The van der Waals surface area contributed by atoms with Gasteiger partial charge in [0.15, 0.2) is 0 Å². The number of aryl methyl sites for hydroxylation is 3. The molecule has 0 spiro atoms. The summed E-state index contributed by atoms with van der Waals surface area (Å²) in [7, 11) is 2.07. The van der Waals surface area contributed by atoms with Crippen molar-refractivity contribution in [3.05, 3.63) is 47.5 Å². The quantitative estimate of drug-likeness (QED) is 0.722. The summed E-state index contributed by atoms with van der Waals surface area (Å²) in [5.74, 6) is 2.11. The summed E-state index contributed by atoms with van der Waals surface area (Å²) in [4.78, 5) is 28.3. The number of hydrogen-bond acceptors (Lipinski definition) is 5. The molecule has 0 bridgehead atoms. The number of carbonyl (C=O) groups is 1. The molecule has 0 unspecified atom stereocenters. The number of rotatable bonds is 5. The molecule has 1 N–H and O–H groups in total. The van der Waals surface area contributed by atoms with Crippen molar-refractivity contribution in [2.45, 2.75) is 39.0 Å². The number of nitrogens with zero attached hydrogens (tertiary/aromatic N) is 5. The van der Waals surface area contributed by atoms with Crippen molar-refractivity contribution in [2.24, 2.45) is 7.05 Å². The molecule has 1 saturated heterocycles. The van der Waals surface area contributed by atoms with Crippen LogP contribution in [-0.4, -0.2) is 50.0 Å². The zero-order valence-corrected chi connectivity index (χ0v) is 17.4. The SMILES string of the molecule is Cc1cc(C)nc(NCCC(=O)N2CCC[C@H](c3nc4ccccc4n3C)C2)n1. The normalized spacial score (nSPS) is 16.9. The fourth-order valence-electron chi connectivity index (χ4n) is 4.19. The minimum absolute atomic E-state index is 0.172. The third-order valence-electron chi connectivity index (χ3n) is 5.57. The Balaban J connectivity index is 1.37. The van der Waals surface area contributed by atoms with E-state index < -0.39 is 0 Å². The van der Waals surface area contributed by atoms with Gasteiger partial charge in [-0.2, -0.15) is 0 Å². The zero-order chi connectivity index (χ0) is 20.4. The maximum atomic E-state index is 12.8. The van der Waals surface area contributed by atoms with Crippen molar-refractivity contribution in [3.63, 3.8) is 0 Å². The second-order valence-corrected chi connectivity index (χ2v) is 7.85. The highest BCUT2D eigenvalue weighted by Crippen LogP contribution is 2.28. The van der Waals surface area contributed by atoms with E-state index in [9.17, 15) is 4.79 Å². The van der Waals surface area contributed by atoms with Gasteiger partial charge in [-0.05, 0) is 44.9 Å². The molecule has 0 saturated carbocycles. The number of benzene rings is 1. The highest BCUT2D eigenvalue weighted by molar-refractivity contribution is 5.77. The molecule has 1 fully saturated rings. The highest BCUT2D eigenvalue weighted by Gasteiger charge is 2.27. The molecule has 0 aliphatic carbocycles. The molecule has 4 rings (SSSR count). The predicted octanol–water partition coefficient (Wildman–Crippen LogP) is 3.19. The van der Waals surface area contributed by atoms with Gasteiger partial charge in [0.25, 0.3) is 0 Å². The predicted molar refractivity (Wildman–Crippen MR) is 114 cm³/mol. The average molecular weight is 393 g/mol. The second kappa shape index (κ2) is 8.19. The monoisotopic (exact) mass is 392 g/mol. The molecule has 29 heavy (non-hydrogen) atoms. The molecular weight excluding hydrogens is 364 g/mol. The Kier molecular flexibility index (Phi) is 5.47. The van der Waals surface area contributed by atoms with Crippen molar-refractivity contribution >= 4 is 22.9 Å². The van der Waals surface area contributed by atoms with Gasteiger partial charge in [-0.1, -0.05) is 12.1 Å². The number of piperidine rings is 1. The highest BCUT2D eigenvalue weighted by atomic mass is 16.2. The van der Waals surface area contributed by atoms with Crippen molar-refractivity contribution in [1.29, 1.82) is 0 Å². The molecule has 152 valence electrons. The maximum absolute atomic E-state index is 12.8. The Morgan fingerprint density at radius 3 is 2.69 bits per heavy atom. The Labute approximate surface area is 171 Å². The Hall–Kier alpha value is -2.96. The maximum Gasteiger partial charge on any atom is 0.224 e. The topological polar surface area (TPSA) is 75.9 Å². The number of nitrogens with one attached hydrogen (secondary N) is 1. The number of anilines is 1. The van der Waals surface area contributed by atoms with Gasteiger partial charge < -0.3 is 14.8 Å². The van der Waals surface area contributed by atoms with Crippen LogP contribution >= 0.6 is 0 Å². The van der Waals surface area contributed by atoms with Crippen molar-refractivity contribution in [1.82, 2.24) is 24.4 Å². The molecule has 3 aromatic rings. The van der Waals surface area contributed by atoms with E-state index in [1.54, 1.807) is 0 Å². The van der Waals surface area contributed by atoms with Gasteiger partial charge >= 0.3 is 0 Å². The molecule has 1 aliphatic rings. The first-order valence-corrected chi connectivity index (χ1v) is 10.3. The van der Waals surface area contributed by atoms with Gasteiger partial charge in [-0.15, -0.1) is 0 Å². The molecule has 7 heteroatoms. The second-order valence-electron chi connectivity index (χ2n) is 7.85. The van der Waals surface area contributed by atoms with Gasteiger partial charge in [0, 0.05) is 50.4 Å². The number of likely N-dealkylation sites (tertiary alicyclic amines) is 1. The van der Waals surface area contributed by atoms with E-state index in [1.807, 2.05) is 43.0 Å². The minimum atomic E-state index is 0.172. The van der Waals surface area contributed by atoms with Crippen molar-refractivity contribution in [3.8, 4) is 0 Å². The Bertz CT molecular complexity index is 1010. The van der Waals surface area contributed by atoms with Crippen LogP contribution in [0.1, 0.15) is 42.4 Å². The fourth-order valence-corrected chi connectivity index (χ4v) is 4.19. The zero-order valence-electron chi connectivity index (χ0n) is 17.4. The standard InChI is InChI=1S/C22H28N6O/c1-15-13-16(2)25-22(24-15)23-11-10-20(29)28-12-6-7-17(14-28)21-26-18-8-4-5-9-19(18)27(21)3/h4-5,8-9,13,17H,6-7,10-12,14H2,1-3H3,(H,23,24,25)/t17-/m0/s1. The summed E-state index contributed by atoms with van der Waals surface area (Å²) in [6.45, 7) is 5.98. The number of carbonyl (C=O) groups excluding carboxylic acids is 1. The number of aromatic nitrogens is 4. The van der Waals surface area contributed by atoms with E-state index in [2.05, 4.69) is 33.0 Å². The number of amides is 1. The average Bonchev–Trinajstić information content (AvgIpc) is 3.04. The molecule has 7 nitrogen and oxygen atoms in total. The Morgan fingerprint density at radius 1 is 1.17 bits per heavy atom. The van der Waals surface area contributed by atoms with Gasteiger partial charge in [0.1, 0.15) is 5.82 Å². The summed E-state index contributed by atoms with van der Waals surface area (Å²) < 4.78 is 2.17. The summed E-state index contributed by atoms with van der Waals surface area (Å²) in [6.07, 6.45) is 2.51. The lowest BCUT2D eigenvalue weighted by molar-refractivity contribution is -0.132. The fraction of sp³-hybridized carbons (Fsp3) is 0.455. The minimum Gasteiger partial charge on any atom is -0.354 e. The van der Waals surface area contributed by atoms with Crippen LogP contribution in [0.4, 0.5) is 5.95 Å². The molecular formula is C22H28N6O. The third kappa shape index (κ3) is 4.23. The molecule has 3 heterocycles. The lowest BCUT2D eigenvalue weighted by Gasteiger charge is -2.32. The van der Waals surface area contributed by atoms with E-state index in [1.165, 1.54) is 0 Å². The summed E-state index contributed by atoms with van der Waals surface area (Å²) in [5, 5.41) is 3.18. The van der Waals surface area contributed by atoms with E-state index in [0.717, 1.165) is 54.2 Å². The summed E-state index contributed by atoms with van der Waals surface area (Å²) in [6, 6.07) is 10.1. The summed E-state index contributed by atoms with van der Waals surface area (Å²) in [5.41, 5.74) is 4.01. The van der Waals surface area contributed by atoms with E-state index in [-0.39, 0.29) is 11.8 Å². The van der Waals surface area contributed by atoms with Crippen LogP contribution in [-0.2, 0) is 11.8 Å². The van der Waals surface area contributed by atoms with Gasteiger partial charge in [0.2, 0.25) is 11.9 Å². The van der Waals surface area contributed by atoms with Gasteiger partial charge in [-0.3, -0.25) is 4.79 Å². The first kappa shape index (κ1) is 19.4. The van der Waals surface area contributed by atoms with E-state index in [4.69, 9.17) is 4.98 Å². The smallest absolute Gasteiger partial charge is 0.224 e. The van der Waals surface area contributed by atoms with Crippen LogP contribution in [0, 0.1) is 13.8 Å². The van der Waals surface area contributed by atoms with Crippen LogP contribution in [0.15, 0.2) is 30.3 Å². The van der Waals surface area contributed by atoms with Crippen LogP contribution in [0.5, 0.6) is 0 Å². The van der Waals surface area contributed by atoms with Crippen LogP contribution < -0.4 is 5.32 Å². The van der Waals surface area contributed by atoms with Crippen LogP contribution in [0.2, 0.25) is 0 Å². The first-order chi connectivity index (χ1) is 14.0. The first-order valence-electron chi connectivity index (χ1n) is 10.3. The van der Waals surface area contributed by atoms with Crippen molar-refractivity contribution < 1.29 is 4.79 Å². The molecule has 2 aromatic heterocycles. The van der Waals surface area contributed by atoms with Crippen LogP contribution in [0.25, 0.3) is 11.0 Å². The lowest BCUT2D eigenvalue weighted by Crippen LogP contribution is -2.40. The Morgan fingerprint density at radius 2 is 1.93 bits per heavy atom. The lowest BCUT2D eigenvalue weighted by atomic mass is 9.97. The van der Waals surface area contributed by atoms with Crippen molar-refractivity contribution in [2.75, 3.05) is 25.0 Å². The molecule has 1 amide bonds. The summed E-state index contributed by atoms with van der Waals surface area (Å²) >= 11 is 0.